The first-order valence-corrected chi connectivity index (χ1v) is 5.84. The Morgan fingerprint density at radius 2 is 2.29 bits per heavy atom. The number of aromatic amines is 1. The van der Waals surface area contributed by atoms with Crippen molar-refractivity contribution < 1.29 is 0 Å². The number of fused-ring (bicyclic) bond motifs is 1. The number of aromatic nitrogens is 5. The van der Waals surface area contributed by atoms with Crippen molar-refractivity contribution in [3.05, 3.63) is 23.1 Å². The van der Waals surface area contributed by atoms with Crippen LogP contribution in [0, 0.1) is 0 Å². The van der Waals surface area contributed by atoms with E-state index in [1.807, 2.05) is 0 Å². The average molecular weight is 230 g/mol. The SMILES string of the molecule is CCc1nc(-c2cn[nH]n2)nc2c1CCNC2. The molecule has 0 bridgehead atoms. The minimum absolute atomic E-state index is 0.665. The molecule has 17 heavy (non-hydrogen) atoms. The molecule has 3 rings (SSSR count). The van der Waals surface area contributed by atoms with E-state index in [1.165, 1.54) is 5.56 Å². The van der Waals surface area contributed by atoms with Crippen molar-refractivity contribution >= 4 is 0 Å². The van der Waals surface area contributed by atoms with Gasteiger partial charge in [-0.25, -0.2) is 9.97 Å². The van der Waals surface area contributed by atoms with Crippen LogP contribution in [0.4, 0.5) is 0 Å². The Morgan fingerprint density at radius 3 is 3.06 bits per heavy atom. The molecule has 2 aromatic heterocycles. The monoisotopic (exact) mass is 230 g/mol. The molecule has 0 unspecified atom stereocenters. The van der Waals surface area contributed by atoms with E-state index in [1.54, 1.807) is 6.20 Å². The molecule has 0 aromatic carbocycles. The van der Waals surface area contributed by atoms with Gasteiger partial charge in [-0.05, 0) is 24.9 Å². The fourth-order valence-electron chi connectivity index (χ4n) is 2.15. The summed E-state index contributed by atoms with van der Waals surface area (Å²) in [6.45, 7) is 3.94. The maximum Gasteiger partial charge on any atom is 0.182 e. The van der Waals surface area contributed by atoms with Crippen molar-refractivity contribution in [3.8, 4) is 11.5 Å². The molecular weight excluding hydrogens is 216 g/mol. The second kappa shape index (κ2) is 4.21. The second-order valence-corrected chi connectivity index (χ2v) is 4.05. The lowest BCUT2D eigenvalue weighted by Gasteiger charge is -2.19. The van der Waals surface area contributed by atoms with Gasteiger partial charge < -0.3 is 5.32 Å². The normalized spacial score (nSPS) is 14.6. The maximum atomic E-state index is 4.59. The molecular formula is C11H14N6. The van der Waals surface area contributed by atoms with Crippen LogP contribution in [-0.2, 0) is 19.4 Å². The maximum absolute atomic E-state index is 4.59. The van der Waals surface area contributed by atoms with Crippen LogP contribution >= 0.6 is 0 Å². The van der Waals surface area contributed by atoms with Gasteiger partial charge in [-0.1, -0.05) is 6.92 Å². The lowest BCUT2D eigenvalue weighted by Crippen LogP contribution is -2.26. The molecule has 1 aliphatic rings. The average Bonchev–Trinajstić information content (AvgIpc) is 2.91. The number of hydrogen-bond acceptors (Lipinski definition) is 5. The molecule has 1 aliphatic heterocycles. The first-order valence-electron chi connectivity index (χ1n) is 5.84. The van der Waals surface area contributed by atoms with E-state index in [4.69, 9.17) is 0 Å². The standard InChI is InChI=1S/C11H14N6/c1-2-8-7-3-4-12-5-9(7)15-11(14-8)10-6-13-17-16-10/h6,12H,2-5H2,1H3,(H,13,16,17). The van der Waals surface area contributed by atoms with Crippen LogP contribution < -0.4 is 5.32 Å². The van der Waals surface area contributed by atoms with E-state index in [0.29, 0.717) is 11.5 Å². The Balaban J connectivity index is 2.12. The molecule has 0 radical (unpaired) electrons. The zero-order chi connectivity index (χ0) is 11.7. The summed E-state index contributed by atoms with van der Waals surface area (Å²) in [6.07, 6.45) is 3.59. The zero-order valence-corrected chi connectivity index (χ0v) is 9.69. The molecule has 2 aromatic rings. The summed E-state index contributed by atoms with van der Waals surface area (Å²) >= 11 is 0. The lowest BCUT2D eigenvalue weighted by atomic mass is 10.0. The van der Waals surface area contributed by atoms with Crippen molar-refractivity contribution in [1.82, 2.24) is 30.7 Å². The smallest absolute Gasteiger partial charge is 0.182 e. The van der Waals surface area contributed by atoms with E-state index in [-0.39, 0.29) is 0 Å². The highest BCUT2D eigenvalue weighted by atomic mass is 15.3. The summed E-state index contributed by atoms with van der Waals surface area (Å²) in [5.74, 6) is 0.665. The molecule has 6 nitrogen and oxygen atoms in total. The molecule has 0 amide bonds. The third-order valence-electron chi connectivity index (χ3n) is 3.00. The lowest BCUT2D eigenvalue weighted by molar-refractivity contribution is 0.616. The Kier molecular flexibility index (Phi) is 2.56. The highest BCUT2D eigenvalue weighted by Gasteiger charge is 2.17. The van der Waals surface area contributed by atoms with E-state index in [2.05, 4.69) is 37.6 Å². The fraction of sp³-hybridized carbons (Fsp3) is 0.455. The molecule has 6 heteroatoms. The third kappa shape index (κ3) is 1.80. The highest BCUT2D eigenvalue weighted by Crippen LogP contribution is 2.20. The summed E-state index contributed by atoms with van der Waals surface area (Å²) in [6, 6.07) is 0. The van der Waals surface area contributed by atoms with E-state index in [9.17, 15) is 0 Å². The van der Waals surface area contributed by atoms with E-state index >= 15 is 0 Å². The Labute approximate surface area is 98.9 Å². The van der Waals surface area contributed by atoms with Gasteiger partial charge >= 0.3 is 0 Å². The summed E-state index contributed by atoms with van der Waals surface area (Å²) < 4.78 is 0. The van der Waals surface area contributed by atoms with Gasteiger partial charge in [0.2, 0.25) is 0 Å². The van der Waals surface area contributed by atoms with Gasteiger partial charge in [-0.15, -0.1) is 0 Å². The van der Waals surface area contributed by atoms with Crippen molar-refractivity contribution in [2.24, 2.45) is 0 Å². The minimum Gasteiger partial charge on any atom is -0.311 e. The first-order chi connectivity index (χ1) is 8.38. The van der Waals surface area contributed by atoms with Crippen molar-refractivity contribution in [2.75, 3.05) is 6.54 Å². The molecule has 0 aliphatic carbocycles. The first kappa shape index (κ1) is 10.3. The molecule has 0 saturated carbocycles. The second-order valence-electron chi connectivity index (χ2n) is 4.05. The van der Waals surface area contributed by atoms with E-state index in [0.717, 1.165) is 37.3 Å². The topological polar surface area (TPSA) is 79.4 Å². The van der Waals surface area contributed by atoms with Crippen LogP contribution in [0.3, 0.4) is 0 Å². The largest absolute Gasteiger partial charge is 0.311 e. The summed E-state index contributed by atoms with van der Waals surface area (Å²) in [4.78, 5) is 9.15. The van der Waals surface area contributed by atoms with Gasteiger partial charge in [0.1, 0.15) is 5.69 Å². The quantitative estimate of drug-likeness (QED) is 0.784. The van der Waals surface area contributed by atoms with Crippen LogP contribution in [-0.4, -0.2) is 31.9 Å². The van der Waals surface area contributed by atoms with Gasteiger partial charge in [0, 0.05) is 12.2 Å². The van der Waals surface area contributed by atoms with Gasteiger partial charge in [-0.2, -0.15) is 15.4 Å². The van der Waals surface area contributed by atoms with Gasteiger partial charge in [0.25, 0.3) is 0 Å². The van der Waals surface area contributed by atoms with Crippen LogP contribution in [0.1, 0.15) is 23.9 Å². The predicted molar refractivity (Wildman–Crippen MR) is 62.2 cm³/mol. The number of hydrogen-bond donors (Lipinski definition) is 2. The fourth-order valence-corrected chi connectivity index (χ4v) is 2.15. The molecule has 0 saturated heterocycles. The van der Waals surface area contributed by atoms with Gasteiger partial charge in [0.15, 0.2) is 5.82 Å². The van der Waals surface area contributed by atoms with Crippen LogP contribution in [0.5, 0.6) is 0 Å². The summed E-state index contributed by atoms with van der Waals surface area (Å²) in [7, 11) is 0. The van der Waals surface area contributed by atoms with E-state index < -0.39 is 0 Å². The molecule has 3 heterocycles. The minimum atomic E-state index is 0.665. The molecule has 0 atom stereocenters. The molecule has 2 N–H and O–H groups in total. The molecule has 88 valence electrons. The summed E-state index contributed by atoms with van der Waals surface area (Å²) in [5, 5.41) is 13.7. The zero-order valence-electron chi connectivity index (χ0n) is 9.69. The Hall–Kier alpha value is -1.82. The van der Waals surface area contributed by atoms with Crippen molar-refractivity contribution in [1.29, 1.82) is 0 Å². The van der Waals surface area contributed by atoms with Crippen LogP contribution in [0.15, 0.2) is 6.20 Å². The predicted octanol–water partition coefficient (Wildman–Crippen LogP) is 0.470. The molecule has 0 spiro atoms. The Bertz CT molecular complexity index is 502. The molecule has 0 fully saturated rings. The van der Waals surface area contributed by atoms with Crippen molar-refractivity contribution in [2.45, 2.75) is 26.3 Å². The highest BCUT2D eigenvalue weighted by molar-refractivity contribution is 5.48. The van der Waals surface area contributed by atoms with Gasteiger partial charge in [-0.3, -0.25) is 0 Å². The van der Waals surface area contributed by atoms with Crippen molar-refractivity contribution in [3.63, 3.8) is 0 Å². The number of H-pyrrole nitrogens is 1. The number of rotatable bonds is 2. The third-order valence-corrected chi connectivity index (χ3v) is 3.00. The van der Waals surface area contributed by atoms with Crippen LogP contribution in [0.25, 0.3) is 11.5 Å². The number of nitrogens with zero attached hydrogens (tertiary/aromatic N) is 4. The van der Waals surface area contributed by atoms with Gasteiger partial charge in [0.05, 0.1) is 11.9 Å². The van der Waals surface area contributed by atoms with Crippen LogP contribution in [0.2, 0.25) is 0 Å². The number of nitrogens with one attached hydrogen (secondary N) is 2. The number of aryl methyl sites for hydroxylation is 1. The Morgan fingerprint density at radius 1 is 1.35 bits per heavy atom. The summed E-state index contributed by atoms with van der Waals surface area (Å²) in [5.41, 5.74) is 4.24.